The molecule has 1 amide bonds. The van der Waals surface area contributed by atoms with Gasteiger partial charge in [-0.25, -0.2) is 0 Å². The Morgan fingerprint density at radius 3 is 2.67 bits per heavy atom. The third-order valence-corrected chi connectivity index (χ3v) is 3.68. The molecule has 1 atom stereocenters. The third-order valence-electron chi connectivity index (χ3n) is 3.12. The molecule has 5 heteroatoms. The van der Waals surface area contributed by atoms with Crippen LogP contribution in [0.15, 0.2) is 42.5 Å². The molecule has 0 heterocycles. The minimum atomic E-state index is -0.191. The third kappa shape index (κ3) is 4.38. The van der Waals surface area contributed by atoms with E-state index in [1.807, 2.05) is 25.1 Å². The van der Waals surface area contributed by atoms with Crippen molar-refractivity contribution >= 4 is 34.8 Å². The lowest BCUT2D eigenvalue weighted by molar-refractivity contribution is -0.121. The van der Waals surface area contributed by atoms with Crippen LogP contribution in [0.3, 0.4) is 0 Å². The summed E-state index contributed by atoms with van der Waals surface area (Å²) in [5.74, 6) is -0.0842. The van der Waals surface area contributed by atoms with E-state index in [0.29, 0.717) is 15.7 Å². The number of halogens is 2. The Morgan fingerprint density at radius 2 is 2.00 bits per heavy atom. The molecule has 0 radical (unpaired) electrons. The van der Waals surface area contributed by atoms with Gasteiger partial charge < -0.3 is 11.1 Å². The van der Waals surface area contributed by atoms with Crippen molar-refractivity contribution in [1.82, 2.24) is 5.32 Å². The predicted octanol–water partition coefficient (Wildman–Crippen LogP) is 4.00. The number of rotatable bonds is 4. The zero-order chi connectivity index (χ0) is 15.4. The van der Waals surface area contributed by atoms with Crippen molar-refractivity contribution in [2.45, 2.75) is 19.4 Å². The Bertz CT molecular complexity index is 658. The van der Waals surface area contributed by atoms with E-state index >= 15 is 0 Å². The van der Waals surface area contributed by atoms with E-state index < -0.39 is 0 Å². The van der Waals surface area contributed by atoms with Gasteiger partial charge in [-0.15, -0.1) is 0 Å². The molecule has 0 spiro atoms. The lowest BCUT2D eigenvalue weighted by Gasteiger charge is -2.16. The summed E-state index contributed by atoms with van der Waals surface area (Å²) < 4.78 is 0. The van der Waals surface area contributed by atoms with Crippen LogP contribution in [0.5, 0.6) is 0 Å². The zero-order valence-corrected chi connectivity index (χ0v) is 13.1. The Hall–Kier alpha value is -1.71. The van der Waals surface area contributed by atoms with Crippen molar-refractivity contribution in [1.29, 1.82) is 0 Å². The molecule has 2 aromatic rings. The van der Waals surface area contributed by atoms with Crippen molar-refractivity contribution in [2.75, 3.05) is 5.73 Å². The molecule has 0 aliphatic heterocycles. The van der Waals surface area contributed by atoms with Gasteiger partial charge in [0, 0.05) is 15.7 Å². The number of anilines is 1. The summed E-state index contributed by atoms with van der Waals surface area (Å²) >= 11 is 12.0. The molecule has 2 aromatic carbocycles. The normalized spacial score (nSPS) is 12.0. The van der Waals surface area contributed by atoms with Crippen molar-refractivity contribution in [2.24, 2.45) is 0 Å². The molecular formula is C16H16Cl2N2O. The van der Waals surface area contributed by atoms with Crippen LogP contribution in [0.4, 0.5) is 5.69 Å². The van der Waals surface area contributed by atoms with Crippen LogP contribution in [0.2, 0.25) is 10.0 Å². The fourth-order valence-corrected chi connectivity index (χ4v) is 2.68. The van der Waals surface area contributed by atoms with E-state index in [1.165, 1.54) is 0 Å². The number of nitrogen functional groups attached to an aromatic ring is 1. The maximum atomic E-state index is 12.1. The number of amides is 1. The number of benzene rings is 2. The second kappa shape index (κ2) is 6.83. The predicted molar refractivity (Wildman–Crippen MR) is 87.6 cm³/mol. The minimum Gasteiger partial charge on any atom is -0.399 e. The van der Waals surface area contributed by atoms with Crippen LogP contribution in [-0.4, -0.2) is 5.91 Å². The fourth-order valence-electron chi connectivity index (χ4n) is 2.11. The Morgan fingerprint density at radius 1 is 1.24 bits per heavy atom. The van der Waals surface area contributed by atoms with Crippen LogP contribution in [0, 0.1) is 0 Å². The van der Waals surface area contributed by atoms with Gasteiger partial charge in [0.15, 0.2) is 0 Å². The molecule has 0 bridgehead atoms. The van der Waals surface area contributed by atoms with Crippen LogP contribution in [-0.2, 0) is 11.2 Å². The maximum Gasteiger partial charge on any atom is 0.224 e. The molecule has 110 valence electrons. The molecule has 0 aromatic heterocycles. The van der Waals surface area contributed by atoms with E-state index in [-0.39, 0.29) is 18.4 Å². The standard InChI is InChI=1S/C16H16Cl2N2O/c1-10(14-6-5-12(17)9-15(14)18)20-16(21)8-11-3-2-4-13(19)7-11/h2-7,9-10H,8,19H2,1H3,(H,20,21). The summed E-state index contributed by atoms with van der Waals surface area (Å²) in [4.78, 5) is 12.1. The monoisotopic (exact) mass is 322 g/mol. The molecule has 3 nitrogen and oxygen atoms in total. The van der Waals surface area contributed by atoms with Crippen molar-refractivity contribution < 1.29 is 4.79 Å². The maximum absolute atomic E-state index is 12.1. The highest BCUT2D eigenvalue weighted by Gasteiger charge is 2.13. The average Bonchev–Trinajstić information content (AvgIpc) is 2.38. The van der Waals surface area contributed by atoms with Gasteiger partial charge in [0.2, 0.25) is 5.91 Å². The second-order valence-electron chi connectivity index (χ2n) is 4.88. The first-order valence-electron chi connectivity index (χ1n) is 6.54. The average molecular weight is 323 g/mol. The van der Waals surface area contributed by atoms with Gasteiger partial charge in [-0.2, -0.15) is 0 Å². The molecular weight excluding hydrogens is 307 g/mol. The highest BCUT2D eigenvalue weighted by atomic mass is 35.5. The van der Waals surface area contributed by atoms with Gasteiger partial charge >= 0.3 is 0 Å². The van der Waals surface area contributed by atoms with Crippen molar-refractivity contribution in [3.05, 3.63) is 63.6 Å². The number of hydrogen-bond donors (Lipinski definition) is 2. The molecule has 3 N–H and O–H groups in total. The number of hydrogen-bond acceptors (Lipinski definition) is 2. The summed E-state index contributed by atoms with van der Waals surface area (Å²) in [6.07, 6.45) is 0.278. The van der Waals surface area contributed by atoms with Gasteiger partial charge in [0.25, 0.3) is 0 Å². The summed E-state index contributed by atoms with van der Waals surface area (Å²) in [7, 11) is 0. The molecule has 1 unspecified atom stereocenters. The van der Waals surface area contributed by atoms with Crippen molar-refractivity contribution in [3.63, 3.8) is 0 Å². The molecule has 0 saturated carbocycles. The van der Waals surface area contributed by atoms with Gasteiger partial charge in [-0.05, 0) is 42.3 Å². The van der Waals surface area contributed by atoms with E-state index in [0.717, 1.165) is 11.1 Å². The van der Waals surface area contributed by atoms with Crippen LogP contribution in [0.25, 0.3) is 0 Å². The van der Waals surface area contributed by atoms with Gasteiger partial charge in [0.1, 0.15) is 0 Å². The van der Waals surface area contributed by atoms with Crippen LogP contribution < -0.4 is 11.1 Å². The summed E-state index contributed by atoms with van der Waals surface area (Å²) in [5.41, 5.74) is 8.06. The largest absolute Gasteiger partial charge is 0.399 e. The van der Waals surface area contributed by atoms with Gasteiger partial charge in [-0.1, -0.05) is 41.4 Å². The SMILES string of the molecule is CC(NC(=O)Cc1cccc(N)c1)c1ccc(Cl)cc1Cl. The number of carbonyl (C=O) groups is 1. The summed E-state index contributed by atoms with van der Waals surface area (Å²) in [5, 5.41) is 4.03. The molecule has 2 rings (SSSR count). The molecule has 0 saturated heterocycles. The summed E-state index contributed by atoms with van der Waals surface area (Å²) in [6.45, 7) is 1.88. The summed E-state index contributed by atoms with van der Waals surface area (Å²) in [6, 6.07) is 12.3. The van der Waals surface area contributed by atoms with E-state index in [9.17, 15) is 4.79 Å². The lowest BCUT2D eigenvalue weighted by atomic mass is 10.1. The molecule has 0 fully saturated rings. The number of nitrogens with one attached hydrogen (secondary N) is 1. The quantitative estimate of drug-likeness (QED) is 0.836. The highest BCUT2D eigenvalue weighted by molar-refractivity contribution is 6.35. The Balaban J connectivity index is 2.02. The first kappa shape index (κ1) is 15.7. The van der Waals surface area contributed by atoms with E-state index in [4.69, 9.17) is 28.9 Å². The zero-order valence-electron chi connectivity index (χ0n) is 11.6. The van der Waals surface area contributed by atoms with Gasteiger partial charge in [-0.3, -0.25) is 4.79 Å². The van der Waals surface area contributed by atoms with Crippen LogP contribution in [0.1, 0.15) is 24.1 Å². The highest BCUT2D eigenvalue weighted by Crippen LogP contribution is 2.26. The van der Waals surface area contributed by atoms with Crippen LogP contribution >= 0.6 is 23.2 Å². The second-order valence-corrected chi connectivity index (χ2v) is 5.72. The van der Waals surface area contributed by atoms with Crippen molar-refractivity contribution in [3.8, 4) is 0 Å². The lowest BCUT2D eigenvalue weighted by Crippen LogP contribution is -2.28. The first-order chi connectivity index (χ1) is 9.95. The van der Waals surface area contributed by atoms with E-state index in [1.54, 1.807) is 24.3 Å². The van der Waals surface area contributed by atoms with E-state index in [2.05, 4.69) is 5.32 Å². The molecule has 0 aliphatic carbocycles. The molecule has 0 aliphatic rings. The smallest absolute Gasteiger partial charge is 0.224 e. The Labute approximate surface area is 134 Å². The number of carbonyl (C=O) groups excluding carboxylic acids is 1. The van der Waals surface area contributed by atoms with Gasteiger partial charge in [0.05, 0.1) is 12.5 Å². The Kier molecular flexibility index (Phi) is 5.10. The number of nitrogens with two attached hydrogens (primary N) is 1. The first-order valence-corrected chi connectivity index (χ1v) is 7.30. The topological polar surface area (TPSA) is 55.1 Å². The minimum absolute atomic E-state index is 0.0842. The molecule has 21 heavy (non-hydrogen) atoms. The fraction of sp³-hybridized carbons (Fsp3) is 0.188.